The van der Waals surface area contributed by atoms with Crippen LogP contribution in [0.15, 0.2) is 71.9 Å². The third-order valence-corrected chi connectivity index (χ3v) is 6.28. The normalized spacial score (nSPS) is 11.0. The number of carbonyl (C=O) groups is 2. The summed E-state index contributed by atoms with van der Waals surface area (Å²) in [7, 11) is 0. The van der Waals surface area contributed by atoms with E-state index in [-0.39, 0.29) is 17.4 Å². The number of benzene rings is 3. The largest absolute Gasteiger partial charge is 0.356 e. The van der Waals surface area contributed by atoms with E-state index in [1.165, 1.54) is 24.2 Å². The molecule has 168 valence electrons. The predicted molar refractivity (Wildman–Crippen MR) is 132 cm³/mol. The number of nitrogens with one attached hydrogen (secondary N) is 1. The molecular formula is C26H26N4O2S. The van der Waals surface area contributed by atoms with E-state index in [0.717, 1.165) is 28.7 Å². The molecule has 0 radical (unpaired) electrons. The van der Waals surface area contributed by atoms with E-state index in [0.29, 0.717) is 23.7 Å². The molecule has 0 saturated carbocycles. The number of aryl methyl sites for hydroxylation is 2. The number of nitrogens with zero attached hydrogens (tertiary/aromatic N) is 3. The highest BCUT2D eigenvalue weighted by atomic mass is 32.2. The molecule has 3 aromatic carbocycles. The van der Waals surface area contributed by atoms with Crippen LogP contribution in [0.4, 0.5) is 0 Å². The van der Waals surface area contributed by atoms with Gasteiger partial charge in [0, 0.05) is 31.1 Å². The van der Waals surface area contributed by atoms with Gasteiger partial charge in [0.15, 0.2) is 10.9 Å². The van der Waals surface area contributed by atoms with Gasteiger partial charge in [-0.05, 0) is 42.3 Å². The van der Waals surface area contributed by atoms with Crippen molar-refractivity contribution >= 4 is 34.2 Å². The fourth-order valence-corrected chi connectivity index (χ4v) is 4.46. The zero-order chi connectivity index (χ0) is 23.2. The van der Waals surface area contributed by atoms with Crippen LogP contribution in [0.25, 0.3) is 16.5 Å². The Morgan fingerprint density at radius 2 is 1.73 bits per heavy atom. The van der Waals surface area contributed by atoms with Crippen molar-refractivity contribution in [2.45, 2.75) is 31.8 Å². The Balaban J connectivity index is 1.52. The second kappa shape index (κ2) is 10.4. The van der Waals surface area contributed by atoms with E-state index in [4.69, 9.17) is 0 Å². The third kappa shape index (κ3) is 5.68. The van der Waals surface area contributed by atoms with Crippen LogP contribution in [0.3, 0.4) is 0 Å². The summed E-state index contributed by atoms with van der Waals surface area (Å²) in [5.41, 5.74) is 2.82. The Labute approximate surface area is 197 Å². The van der Waals surface area contributed by atoms with Gasteiger partial charge in [0.2, 0.25) is 5.91 Å². The highest BCUT2D eigenvalue weighted by Gasteiger charge is 2.16. The van der Waals surface area contributed by atoms with Crippen molar-refractivity contribution in [3.63, 3.8) is 0 Å². The van der Waals surface area contributed by atoms with Crippen LogP contribution in [0.5, 0.6) is 0 Å². The molecule has 4 aromatic rings. The molecule has 0 bridgehead atoms. The maximum Gasteiger partial charge on any atom is 0.216 e. The average Bonchev–Trinajstić information content (AvgIpc) is 3.23. The lowest BCUT2D eigenvalue weighted by atomic mass is 10.1. The molecule has 0 fully saturated rings. The second-order valence-electron chi connectivity index (χ2n) is 7.93. The molecule has 0 saturated heterocycles. The second-order valence-corrected chi connectivity index (χ2v) is 8.87. The smallest absolute Gasteiger partial charge is 0.216 e. The fraction of sp³-hybridized carbons (Fsp3) is 0.231. The number of aromatic nitrogens is 3. The van der Waals surface area contributed by atoms with Gasteiger partial charge in [-0.15, -0.1) is 10.2 Å². The molecule has 33 heavy (non-hydrogen) atoms. The lowest BCUT2D eigenvalue weighted by Crippen LogP contribution is -2.21. The molecule has 0 aliphatic heterocycles. The molecule has 1 aromatic heterocycles. The molecule has 0 aliphatic carbocycles. The number of fused-ring (bicyclic) bond motifs is 1. The number of carbonyl (C=O) groups excluding carboxylic acids is 2. The van der Waals surface area contributed by atoms with Crippen molar-refractivity contribution in [2.75, 3.05) is 12.3 Å². The number of rotatable bonds is 9. The molecule has 7 heteroatoms. The summed E-state index contributed by atoms with van der Waals surface area (Å²) in [4.78, 5) is 24.1. The molecule has 0 spiro atoms. The molecule has 0 atom stereocenters. The van der Waals surface area contributed by atoms with Crippen molar-refractivity contribution in [3.05, 3.63) is 83.7 Å². The minimum atomic E-state index is -0.0431. The number of thioether (sulfide) groups is 1. The molecular weight excluding hydrogens is 432 g/mol. The van der Waals surface area contributed by atoms with Crippen LogP contribution in [0.2, 0.25) is 0 Å². The van der Waals surface area contributed by atoms with Crippen molar-refractivity contribution in [1.82, 2.24) is 20.1 Å². The van der Waals surface area contributed by atoms with Crippen LogP contribution in [0, 0.1) is 6.92 Å². The summed E-state index contributed by atoms with van der Waals surface area (Å²) in [6.07, 6.45) is 1.42. The number of hydrogen-bond donors (Lipinski definition) is 1. The first kappa shape index (κ1) is 22.7. The Bertz CT molecular complexity index is 1280. The van der Waals surface area contributed by atoms with E-state index in [1.54, 1.807) is 0 Å². The minimum Gasteiger partial charge on any atom is -0.356 e. The summed E-state index contributed by atoms with van der Waals surface area (Å²) >= 11 is 1.39. The molecule has 4 rings (SSSR count). The van der Waals surface area contributed by atoms with Crippen LogP contribution < -0.4 is 5.32 Å². The van der Waals surface area contributed by atoms with Gasteiger partial charge in [0.05, 0.1) is 5.75 Å². The Morgan fingerprint density at radius 1 is 0.970 bits per heavy atom. The first-order valence-corrected chi connectivity index (χ1v) is 11.9. The topological polar surface area (TPSA) is 76.9 Å². The van der Waals surface area contributed by atoms with Crippen LogP contribution in [0.1, 0.15) is 35.1 Å². The number of Topliss-reactive ketones (excluding diaryl/α,β-unsaturated/α-hetero) is 1. The van der Waals surface area contributed by atoms with Crippen molar-refractivity contribution in [1.29, 1.82) is 0 Å². The minimum absolute atomic E-state index is 0.0431. The van der Waals surface area contributed by atoms with Gasteiger partial charge in [0.25, 0.3) is 0 Å². The summed E-state index contributed by atoms with van der Waals surface area (Å²) in [6.45, 7) is 4.14. The lowest BCUT2D eigenvalue weighted by Gasteiger charge is -2.11. The maximum absolute atomic E-state index is 12.9. The Hall–Kier alpha value is -3.45. The van der Waals surface area contributed by atoms with Crippen molar-refractivity contribution in [3.8, 4) is 5.69 Å². The highest BCUT2D eigenvalue weighted by molar-refractivity contribution is 7.99. The fourth-order valence-electron chi connectivity index (χ4n) is 3.60. The number of amides is 1. The number of ketones is 1. The summed E-state index contributed by atoms with van der Waals surface area (Å²) < 4.78 is 2.01. The molecule has 1 amide bonds. The third-order valence-electron chi connectivity index (χ3n) is 5.35. The average molecular weight is 459 g/mol. The van der Waals surface area contributed by atoms with E-state index in [9.17, 15) is 9.59 Å². The standard InChI is InChI=1S/C26H26N4O2S/c1-18-9-13-23(14-10-18)30-25(8-5-15-27-19(2)31)28-29-26(30)33-17-24(32)22-12-11-20-6-3-4-7-21(20)16-22/h3-4,6-7,9-14,16H,5,8,15,17H2,1-2H3,(H,27,31). The quantitative estimate of drug-likeness (QED) is 0.222. The molecule has 1 heterocycles. The van der Waals surface area contributed by atoms with E-state index in [2.05, 4.69) is 15.5 Å². The van der Waals surface area contributed by atoms with Gasteiger partial charge in [-0.3, -0.25) is 14.2 Å². The predicted octanol–water partition coefficient (Wildman–Crippen LogP) is 4.77. The summed E-state index contributed by atoms with van der Waals surface area (Å²) in [5, 5.41) is 14.4. The monoisotopic (exact) mass is 458 g/mol. The molecule has 0 unspecified atom stereocenters. The van der Waals surface area contributed by atoms with Crippen molar-refractivity contribution < 1.29 is 9.59 Å². The van der Waals surface area contributed by atoms with Gasteiger partial charge in [0.1, 0.15) is 5.82 Å². The van der Waals surface area contributed by atoms with Gasteiger partial charge in [-0.1, -0.05) is 65.9 Å². The zero-order valence-corrected chi connectivity index (χ0v) is 19.6. The zero-order valence-electron chi connectivity index (χ0n) is 18.7. The van der Waals surface area contributed by atoms with Gasteiger partial charge in [-0.2, -0.15) is 0 Å². The first-order valence-electron chi connectivity index (χ1n) is 10.9. The van der Waals surface area contributed by atoms with E-state index < -0.39 is 0 Å². The van der Waals surface area contributed by atoms with E-state index >= 15 is 0 Å². The van der Waals surface area contributed by atoms with Crippen LogP contribution in [-0.2, 0) is 11.2 Å². The van der Waals surface area contributed by atoms with Crippen LogP contribution >= 0.6 is 11.8 Å². The van der Waals surface area contributed by atoms with Gasteiger partial charge < -0.3 is 5.32 Å². The SMILES string of the molecule is CC(=O)NCCCc1nnc(SCC(=O)c2ccc3ccccc3c2)n1-c1ccc(C)cc1. The molecule has 0 aliphatic rings. The maximum atomic E-state index is 12.9. The summed E-state index contributed by atoms with van der Waals surface area (Å²) in [6, 6.07) is 22.0. The van der Waals surface area contributed by atoms with Gasteiger partial charge >= 0.3 is 0 Å². The summed E-state index contributed by atoms with van der Waals surface area (Å²) in [5.74, 6) is 1.09. The Morgan fingerprint density at radius 3 is 2.48 bits per heavy atom. The lowest BCUT2D eigenvalue weighted by molar-refractivity contribution is -0.118. The molecule has 1 N–H and O–H groups in total. The highest BCUT2D eigenvalue weighted by Crippen LogP contribution is 2.25. The Kier molecular flexibility index (Phi) is 7.19. The van der Waals surface area contributed by atoms with Crippen molar-refractivity contribution in [2.24, 2.45) is 0 Å². The van der Waals surface area contributed by atoms with Crippen LogP contribution in [-0.4, -0.2) is 38.8 Å². The molecule has 6 nitrogen and oxygen atoms in total. The van der Waals surface area contributed by atoms with Gasteiger partial charge in [-0.25, -0.2) is 0 Å². The first-order chi connectivity index (χ1) is 16.0. The van der Waals surface area contributed by atoms with E-state index in [1.807, 2.05) is 78.2 Å². The number of hydrogen-bond acceptors (Lipinski definition) is 5.